The van der Waals surface area contributed by atoms with E-state index in [0.717, 1.165) is 51.3 Å². The van der Waals surface area contributed by atoms with Gasteiger partial charge in [0.05, 0.1) is 19.8 Å². The van der Waals surface area contributed by atoms with E-state index in [0.29, 0.717) is 6.04 Å². The van der Waals surface area contributed by atoms with Crippen molar-refractivity contribution in [3.63, 3.8) is 0 Å². The lowest BCUT2D eigenvalue weighted by molar-refractivity contribution is 0.0333. The van der Waals surface area contributed by atoms with Crippen LogP contribution >= 0.6 is 0 Å². The minimum Gasteiger partial charge on any atom is -0.497 e. The van der Waals surface area contributed by atoms with E-state index in [-0.39, 0.29) is 6.10 Å². The first-order valence-corrected chi connectivity index (χ1v) is 9.65. The number of rotatable bonds is 5. The fourth-order valence-corrected chi connectivity index (χ4v) is 4.11. The molecule has 0 aliphatic carbocycles. The van der Waals surface area contributed by atoms with Crippen molar-refractivity contribution in [3.05, 3.63) is 59.7 Å². The number of benzene rings is 2. The van der Waals surface area contributed by atoms with Gasteiger partial charge in [-0.05, 0) is 54.7 Å². The van der Waals surface area contributed by atoms with Gasteiger partial charge in [-0.1, -0.05) is 24.3 Å². The van der Waals surface area contributed by atoms with Crippen LogP contribution in [0.15, 0.2) is 48.5 Å². The van der Waals surface area contributed by atoms with Crippen molar-refractivity contribution in [2.75, 3.05) is 38.3 Å². The molecule has 2 unspecified atom stereocenters. The molecule has 0 amide bonds. The molecule has 0 radical (unpaired) electrons. The van der Waals surface area contributed by atoms with Gasteiger partial charge in [0.25, 0.3) is 0 Å². The molecular weight excluding hydrogens is 324 g/mol. The quantitative estimate of drug-likeness (QED) is 0.892. The second-order valence-electron chi connectivity index (χ2n) is 7.18. The minimum absolute atomic E-state index is 0.248. The van der Waals surface area contributed by atoms with Gasteiger partial charge in [-0.3, -0.25) is 0 Å². The maximum absolute atomic E-state index is 6.08. The van der Waals surface area contributed by atoms with Crippen LogP contribution in [0.5, 0.6) is 5.75 Å². The predicted molar refractivity (Wildman–Crippen MR) is 105 cm³/mol. The van der Waals surface area contributed by atoms with Crippen molar-refractivity contribution in [1.82, 2.24) is 5.32 Å². The fraction of sp³-hybridized carbons (Fsp3) is 0.455. The summed E-state index contributed by atoms with van der Waals surface area (Å²) in [5.74, 6) is 0.911. The number of methoxy groups -OCH3 is 1. The molecule has 0 spiro atoms. The Kier molecular flexibility index (Phi) is 5.42. The second-order valence-corrected chi connectivity index (χ2v) is 7.18. The monoisotopic (exact) mass is 352 g/mol. The highest BCUT2D eigenvalue weighted by Crippen LogP contribution is 2.31. The zero-order valence-corrected chi connectivity index (χ0v) is 15.5. The highest BCUT2D eigenvalue weighted by Gasteiger charge is 2.24. The van der Waals surface area contributed by atoms with Gasteiger partial charge in [-0.15, -0.1) is 0 Å². The smallest absolute Gasteiger partial charge is 0.119 e. The van der Waals surface area contributed by atoms with Crippen molar-refractivity contribution in [2.45, 2.75) is 31.4 Å². The molecule has 2 heterocycles. The second kappa shape index (κ2) is 8.11. The van der Waals surface area contributed by atoms with Gasteiger partial charge in [0.15, 0.2) is 0 Å². The molecule has 1 N–H and O–H groups in total. The lowest BCUT2D eigenvalue weighted by Gasteiger charge is -2.36. The van der Waals surface area contributed by atoms with Gasteiger partial charge in [0.2, 0.25) is 0 Å². The first kappa shape index (κ1) is 17.4. The summed E-state index contributed by atoms with van der Waals surface area (Å²) in [7, 11) is 1.71. The maximum Gasteiger partial charge on any atom is 0.119 e. The van der Waals surface area contributed by atoms with Gasteiger partial charge >= 0.3 is 0 Å². The number of ether oxygens (including phenoxy) is 2. The van der Waals surface area contributed by atoms with Gasteiger partial charge < -0.3 is 19.7 Å². The number of anilines is 1. The molecule has 2 aliphatic heterocycles. The first-order valence-electron chi connectivity index (χ1n) is 9.65. The molecule has 0 aromatic heterocycles. The van der Waals surface area contributed by atoms with Crippen LogP contribution in [0.4, 0.5) is 5.69 Å². The molecule has 0 saturated carbocycles. The summed E-state index contributed by atoms with van der Waals surface area (Å²) >= 11 is 0. The fourth-order valence-electron chi connectivity index (χ4n) is 4.11. The van der Waals surface area contributed by atoms with Gasteiger partial charge in [0, 0.05) is 31.4 Å². The van der Waals surface area contributed by atoms with E-state index in [2.05, 4.69) is 46.6 Å². The molecule has 0 bridgehead atoms. The van der Waals surface area contributed by atoms with Crippen molar-refractivity contribution in [3.8, 4) is 5.75 Å². The van der Waals surface area contributed by atoms with Crippen molar-refractivity contribution in [1.29, 1.82) is 0 Å². The lowest BCUT2D eigenvalue weighted by atomic mass is 9.93. The summed E-state index contributed by atoms with van der Waals surface area (Å²) in [6.45, 7) is 3.96. The number of nitrogens with one attached hydrogen (secondary N) is 1. The molecule has 2 aliphatic rings. The highest BCUT2D eigenvalue weighted by molar-refractivity contribution is 5.49. The third-order valence-corrected chi connectivity index (χ3v) is 5.56. The minimum atomic E-state index is 0.248. The summed E-state index contributed by atoms with van der Waals surface area (Å²) < 4.78 is 11.3. The molecule has 4 heteroatoms. The Bertz CT molecular complexity index is 716. The summed E-state index contributed by atoms with van der Waals surface area (Å²) in [6, 6.07) is 17.6. The Morgan fingerprint density at radius 3 is 2.81 bits per heavy atom. The average molecular weight is 352 g/mol. The van der Waals surface area contributed by atoms with Gasteiger partial charge in [0.1, 0.15) is 5.75 Å². The molecule has 26 heavy (non-hydrogen) atoms. The molecule has 2 aromatic carbocycles. The van der Waals surface area contributed by atoms with E-state index in [1.165, 1.54) is 16.8 Å². The van der Waals surface area contributed by atoms with E-state index in [4.69, 9.17) is 9.47 Å². The lowest BCUT2D eigenvalue weighted by Crippen LogP contribution is -2.50. The van der Waals surface area contributed by atoms with Crippen LogP contribution in [0.25, 0.3) is 0 Å². The van der Waals surface area contributed by atoms with Crippen LogP contribution in [0.1, 0.15) is 30.1 Å². The Morgan fingerprint density at radius 2 is 1.96 bits per heavy atom. The third-order valence-electron chi connectivity index (χ3n) is 5.56. The van der Waals surface area contributed by atoms with E-state index in [9.17, 15) is 0 Å². The molecular formula is C22H28N2O2. The van der Waals surface area contributed by atoms with Gasteiger partial charge in [-0.2, -0.15) is 0 Å². The Morgan fingerprint density at radius 1 is 1.12 bits per heavy atom. The summed E-state index contributed by atoms with van der Waals surface area (Å²) in [5, 5.41) is 3.68. The molecule has 4 rings (SSSR count). The topological polar surface area (TPSA) is 33.7 Å². The summed E-state index contributed by atoms with van der Waals surface area (Å²) in [4.78, 5) is 2.47. The Hall–Kier alpha value is -2.04. The average Bonchev–Trinajstić information content (AvgIpc) is 2.72. The number of fused-ring (bicyclic) bond motifs is 1. The number of nitrogens with zero attached hydrogens (tertiary/aromatic N) is 1. The zero-order valence-electron chi connectivity index (χ0n) is 15.5. The standard InChI is InChI=1S/C22H28N2O2/c1-25-20-9-7-19(8-10-20)24-14-13-23-18(16-24)6-11-22-21-5-3-2-4-17(21)12-15-26-22/h2-5,7-10,18,22-23H,6,11-16H2,1H3. The van der Waals surface area contributed by atoms with Crippen LogP contribution in [0.3, 0.4) is 0 Å². The molecule has 1 saturated heterocycles. The number of piperazine rings is 1. The zero-order chi connectivity index (χ0) is 17.8. The third kappa shape index (κ3) is 3.87. The largest absolute Gasteiger partial charge is 0.497 e. The summed E-state index contributed by atoms with van der Waals surface area (Å²) in [5.41, 5.74) is 4.12. The van der Waals surface area contributed by atoms with Crippen LogP contribution in [-0.4, -0.2) is 39.4 Å². The molecule has 2 aromatic rings. The Balaban J connectivity index is 1.35. The van der Waals surface area contributed by atoms with Crippen molar-refractivity contribution >= 4 is 5.69 Å². The number of hydrogen-bond acceptors (Lipinski definition) is 4. The molecule has 1 fully saturated rings. The molecule has 138 valence electrons. The van der Waals surface area contributed by atoms with Crippen LogP contribution in [0.2, 0.25) is 0 Å². The van der Waals surface area contributed by atoms with Crippen LogP contribution in [-0.2, 0) is 11.2 Å². The maximum atomic E-state index is 6.08. The van der Waals surface area contributed by atoms with Crippen LogP contribution in [0, 0.1) is 0 Å². The van der Waals surface area contributed by atoms with E-state index < -0.39 is 0 Å². The van der Waals surface area contributed by atoms with Crippen molar-refractivity contribution < 1.29 is 9.47 Å². The van der Waals surface area contributed by atoms with E-state index in [1.807, 2.05) is 12.1 Å². The van der Waals surface area contributed by atoms with Crippen LogP contribution < -0.4 is 15.0 Å². The number of hydrogen-bond donors (Lipinski definition) is 1. The van der Waals surface area contributed by atoms with E-state index in [1.54, 1.807) is 7.11 Å². The normalized spacial score (nSPS) is 22.7. The van der Waals surface area contributed by atoms with Gasteiger partial charge in [-0.25, -0.2) is 0 Å². The predicted octanol–water partition coefficient (Wildman–Crippen LogP) is 3.57. The molecule has 2 atom stereocenters. The molecule has 4 nitrogen and oxygen atoms in total. The SMILES string of the molecule is COc1ccc(N2CCNC(CCC3OCCc4ccccc43)C2)cc1. The van der Waals surface area contributed by atoms with Crippen molar-refractivity contribution in [2.24, 2.45) is 0 Å². The van der Waals surface area contributed by atoms with E-state index >= 15 is 0 Å². The highest BCUT2D eigenvalue weighted by atomic mass is 16.5. The Labute approximate surface area is 156 Å². The first-order chi connectivity index (χ1) is 12.8. The summed E-state index contributed by atoms with van der Waals surface area (Å²) in [6.07, 6.45) is 3.49.